The lowest BCUT2D eigenvalue weighted by molar-refractivity contribution is -0.111. The third-order valence-electron chi connectivity index (χ3n) is 6.75. The fraction of sp³-hybridized carbons (Fsp3) is 0.286. The summed E-state index contributed by atoms with van der Waals surface area (Å²) in [5.41, 5.74) is 4.85. The van der Waals surface area contributed by atoms with E-state index in [4.69, 9.17) is 9.47 Å². The largest absolute Gasteiger partial charge is 0.495 e. The van der Waals surface area contributed by atoms with Crippen molar-refractivity contribution in [3.63, 3.8) is 0 Å². The molecule has 1 fully saturated rings. The van der Waals surface area contributed by atoms with Gasteiger partial charge in [0, 0.05) is 11.8 Å². The maximum atomic E-state index is 11.7. The second-order valence-corrected chi connectivity index (χ2v) is 9.39. The zero-order chi connectivity index (χ0) is 26.6. The minimum absolute atomic E-state index is 0.292. The Labute approximate surface area is 221 Å². The molecule has 4 aromatic rings. The van der Waals surface area contributed by atoms with Crippen molar-refractivity contribution in [3.05, 3.63) is 66.5 Å². The van der Waals surface area contributed by atoms with E-state index in [1.54, 1.807) is 31.4 Å². The Kier molecular flexibility index (Phi) is 7.23. The quantitative estimate of drug-likeness (QED) is 0.277. The lowest BCUT2D eigenvalue weighted by Gasteiger charge is -2.30. The number of carbonyl (C=O) groups is 1. The molecule has 3 N–H and O–H groups in total. The van der Waals surface area contributed by atoms with Crippen LogP contribution in [0.25, 0.3) is 11.2 Å². The van der Waals surface area contributed by atoms with Gasteiger partial charge in [-0.2, -0.15) is 9.97 Å². The number of carbonyl (C=O) groups excluding carboxylic acids is 1. The van der Waals surface area contributed by atoms with Gasteiger partial charge in [-0.05, 0) is 87.3 Å². The van der Waals surface area contributed by atoms with Gasteiger partial charge >= 0.3 is 0 Å². The lowest BCUT2D eigenvalue weighted by Crippen LogP contribution is -2.29. The molecule has 0 atom stereocenters. The number of aryl methyl sites for hydroxylation is 1. The summed E-state index contributed by atoms with van der Waals surface area (Å²) in [6, 6.07) is 11.2. The molecule has 5 rings (SSSR count). The SMILES string of the molecule is C=CC(=O)Nc1cccc(Oc2nc(Nc3cc(C)c(C4CCN(C)CC4)cc3OC)nc3nc[nH]c23)c1. The molecule has 0 spiro atoms. The molecule has 0 bridgehead atoms. The summed E-state index contributed by atoms with van der Waals surface area (Å²) in [6.07, 6.45) is 5.01. The number of hydrogen-bond acceptors (Lipinski definition) is 8. The number of fused-ring (bicyclic) bond motifs is 1. The molecular formula is C28H31N7O3. The standard InChI is InChI=1S/C28H31N7O3/c1-5-24(36)31-19-7-6-8-20(14-19)38-27-25-26(30-16-29-25)33-28(34-27)32-22-13-17(2)21(15-23(22)37-4)18-9-11-35(3)12-10-18/h5-8,13-16,18H,1,9-12H2,2-4H3,(H,31,36)(H2,29,30,32,33,34). The van der Waals surface area contributed by atoms with Crippen LogP contribution < -0.4 is 20.1 Å². The van der Waals surface area contributed by atoms with Crippen molar-refractivity contribution in [2.45, 2.75) is 25.7 Å². The molecule has 1 aliphatic rings. The molecule has 1 saturated heterocycles. The minimum Gasteiger partial charge on any atom is -0.495 e. The average Bonchev–Trinajstić information content (AvgIpc) is 3.39. The summed E-state index contributed by atoms with van der Waals surface area (Å²) in [5, 5.41) is 6.02. The van der Waals surface area contributed by atoms with E-state index in [9.17, 15) is 4.79 Å². The summed E-state index contributed by atoms with van der Waals surface area (Å²) in [4.78, 5) is 30.6. The molecule has 0 unspecified atom stereocenters. The highest BCUT2D eigenvalue weighted by molar-refractivity contribution is 5.99. The first kappa shape index (κ1) is 25.2. The van der Waals surface area contributed by atoms with Crippen molar-refractivity contribution < 1.29 is 14.3 Å². The Balaban J connectivity index is 1.43. The van der Waals surface area contributed by atoms with Crippen molar-refractivity contribution in [1.82, 2.24) is 24.8 Å². The number of rotatable bonds is 8. The maximum Gasteiger partial charge on any atom is 0.250 e. The molecule has 38 heavy (non-hydrogen) atoms. The van der Waals surface area contributed by atoms with Crippen LogP contribution in [0.5, 0.6) is 17.4 Å². The number of imidazole rings is 1. The summed E-state index contributed by atoms with van der Waals surface area (Å²) >= 11 is 0. The number of aromatic amines is 1. The fourth-order valence-electron chi connectivity index (χ4n) is 4.73. The van der Waals surface area contributed by atoms with E-state index in [1.165, 1.54) is 23.5 Å². The highest BCUT2D eigenvalue weighted by Gasteiger charge is 2.22. The van der Waals surface area contributed by atoms with E-state index in [1.807, 2.05) is 0 Å². The van der Waals surface area contributed by atoms with Gasteiger partial charge in [0.25, 0.3) is 5.88 Å². The molecular weight excluding hydrogens is 482 g/mol. The zero-order valence-electron chi connectivity index (χ0n) is 21.7. The van der Waals surface area contributed by atoms with Gasteiger partial charge in [-0.15, -0.1) is 0 Å². The van der Waals surface area contributed by atoms with E-state index >= 15 is 0 Å². The number of H-pyrrole nitrogens is 1. The highest BCUT2D eigenvalue weighted by atomic mass is 16.5. The summed E-state index contributed by atoms with van der Waals surface area (Å²) < 4.78 is 11.9. The lowest BCUT2D eigenvalue weighted by atomic mass is 9.86. The average molecular weight is 514 g/mol. The Hall–Kier alpha value is -4.44. The van der Waals surface area contributed by atoms with E-state index in [0.717, 1.165) is 37.4 Å². The van der Waals surface area contributed by atoms with Crippen LogP contribution in [0, 0.1) is 6.92 Å². The van der Waals surface area contributed by atoms with E-state index < -0.39 is 0 Å². The number of benzene rings is 2. The number of anilines is 3. The molecule has 1 aliphatic heterocycles. The van der Waals surface area contributed by atoms with Crippen molar-refractivity contribution in [3.8, 4) is 17.4 Å². The smallest absolute Gasteiger partial charge is 0.250 e. The summed E-state index contributed by atoms with van der Waals surface area (Å²) in [7, 11) is 3.83. The maximum absolute atomic E-state index is 11.7. The molecule has 2 aromatic carbocycles. The molecule has 3 heterocycles. The molecule has 10 heteroatoms. The van der Waals surface area contributed by atoms with Gasteiger partial charge in [0.2, 0.25) is 11.9 Å². The van der Waals surface area contributed by atoms with E-state index in [2.05, 4.69) is 68.2 Å². The van der Waals surface area contributed by atoms with Crippen LogP contribution in [0.15, 0.2) is 55.4 Å². The normalized spacial score (nSPS) is 14.3. The first-order chi connectivity index (χ1) is 18.4. The number of ether oxygens (including phenoxy) is 2. The second-order valence-electron chi connectivity index (χ2n) is 9.39. The number of nitrogens with zero attached hydrogens (tertiary/aromatic N) is 4. The van der Waals surface area contributed by atoms with Gasteiger partial charge < -0.3 is 30.0 Å². The van der Waals surface area contributed by atoms with Crippen LogP contribution in [0.2, 0.25) is 0 Å². The molecule has 10 nitrogen and oxygen atoms in total. The van der Waals surface area contributed by atoms with Crippen molar-refractivity contribution in [2.24, 2.45) is 0 Å². The molecule has 0 aliphatic carbocycles. The van der Waals surface area contributed by atoms with Gasteiger partial charge in [0.1, 0.15) is 17.0 Å². The Bertz CT molecular complexity index is 1470. The van der Waals surface area contributed by atoms with Gasteiger partial charge in [-0.1, -0.05) is 12.6 Å². The summed E-state index contributed by atoms with van der Waals surface area (Å²) in [6.45, 7) is 7.79. The number of hydrogen-bond donors (Lipinski definition) is 3. The number of aromatic nitrogens is 4. The van der Waals surface area contributed by atoms with Crippen LogP contribution in [0.4, 0.5) is 17.3 Å². The number of nitrogens with one attached hydrogen (secondary N) is 3. The third-order valence-corrected chi connectivity index (χ3v) is 6.75. The van der Waals surface area contributed by atoms with Gasteiger partial charge in [-0.3, -0.25) is 4.79 Å². The number of likely N-dealkylation sites (tertiary alicyclic amines) is 1. The molecule has 1 amide bonds. The Morgan fingerprint density at radius 3 is 2.79 bits per heavy atom. The van der Waals surface area contributed by atoms with E-state index in [-0.39, 0.29) is 5.91 Å². The predicted molar refractivity (Wildman–Crippen MR) is 148 cm³/mol. The number of methoxy groups -OCH3 is 1. The summed E-state index contributed by atoms with van der Waals surface area (Å²) in [5.74, 6) is 2.03. The molecule has 0 radical (unpaired) electrons. The van der Waals surface area contributed by atoms with E-state index in [0.29, 0.717) is 40.3 Å². The first-order valence-electron chi connectivity index (χ1n) is 12.5. The van der Waals surface area contributed by atoms with Crippen LogP contribution in [0.3, 0.4) is 0 Å². The first-order valence-corrected chi connectivity index (χ1v) is 12.5. The van der Waals surface area contributed by atoms with Gasteiger partial charge in [-0.25, -0.2) is 4.98 Å². The van der Waals surface area contributed by atoms with Crippen LogP contribution in [-0.4, -0.2) is 58.0 Å². The fourth-order valence-corrected chi connectivity index (χ4v) is 4.73. The van der Waals surface area contributed by atoms with Crippen LogP contribution >= 0.6 is 0 Å². The second kappa shape index (κ2) is 10.9. The Morgan fingerprint density at radius 2 is 2.03 bits per heavy atom. The predicted octanol–water partition coefficient (Wildman–Crippen LogP) is 5.14. The van der Waals surface area contributed by atoms with Crippen LogP contribution in [-0.2, 0) is 4.79 Å². The van der Waals surface area contributed by atoms with Crippen molar-refractivity contribution in [2.75, 3.05) is 37.9 Å². The monoisotopic (exact) mass is 513 g/mol. The molecule has 2 aromatic heterocycles. The van der Waals surface area contributed by atoms with Gasteiger partial charge in [0.15, 0.2) is 5.65 Å². The van der Waals surface area contributed by atoms with Crippen molar-refractivity contribution in [1.29, 1.82) is 0 Å². The highest BCUT2D eigenvalue weighted by Crippen LogP contribution is 2.37. The Morgan fingerprint density at radius 1 is 1.21 bits per heavy atom. The number of amides is 1. The third kappa shape index (κ3) is 5.45. The van der Waals surface area contributed by atoms with Crippen molar-refractivity contribution >= 4 is 34.4 Å². The zero-order valence-corrected chi connectivity index (χ0v) is 21.7. The topological polar surface area (TPSA) is 117 Å². The van der Waals surface area contributed by atoms with Gasteiger partial charge in [0.05, 0.1) is 19.1 Å². The van der Waals surface area contributed by atoms with Crippen LogP contribution in [0.1, 0.15) is 29.9 Å². The molecule has 0 saturated carbocycles. The number of piperidine rings is 1. The minimum atomic E-state index is -0.308. The molecule has 196 valence electrons.